The van der Waals surface area contributed by atoms with Crippen molar-refractivity contribution in [1.29, 1.82) is 5.26 Å². The first-order chi connectivity index (χ1) is 7.10. The van der Waals surface area contributed by atoms with E-state index >= 15 is 0 Å². The molecule has 0 aromatic heterocycles. The molecule has 0 radical (unpaired) electrons. The number of carbonyl (C=O) groups is 1. The van der Waals surface area contributed by atoms with Crippen molar-refractivity contribution >= 4 is 5.97 Å². The molecule has 0 saturated carbocycles. The van der Waals surface area contributed by atoms with E-state index in [-0.39, 0.29) is 0 Å². The van der Waals surface area contributed by atoms with Crippen molar-refractivity contribution in [2.45, 2.75) is 12.8 Å². The van der Waals surface area contributed by atoms with E-state index in [1.807, 2.05) is 6.92 Å². The number of hydrogen-bond donors (Lipinski definition) is 1. The quantitative estimate of drug-likeness (QED) is 0.815. The number of rotatable bonds is 3. The van der Waals surface area contributed by atoms with Crippen LogP contribution in [0.2, 0.25) is 0 Å². The van der Waals surface area contributed by atoms with E-state index < -0.39 is 11.9 Å². The van der Waals surface area contributed by atoms with Crippen LogP contribution >= 0.6 is 0 Å². The smallest absolute Gasteiger partial charge is 0.325 e. The number of methoxy groups -OCH3 is 1. The molecule has 0 aliphatic rings. The molecule has 0 bridgehead atoms. The van der Waals surface area contributed by atoms with Crippen LogP contribution < -0.4 is 4.74 Å². The maximum Gasteiger partial charge on any atom is 0.325 e. The average molecular weight is 205 g/mol. The van der Waals surface area contributed by atoms with E-state index in [9.17, 15) is 4.79 Å². The molecule has 1 unspecified atom stereocenters. The number of nitrogens with zero attached hydrogens (tertiary/aromatic N) is 1. The molecule has 0 fully saturated rings. The molecule has 1 atom stereocenters. The highest BCUT2D eigenvalue weighted by Gasteiger charge is 2.22. The summed E-state index contributed by atoms with van der Waals surface area (Å²) in [4.78, 5) is 10.8. The minimum atomic E-state index is -1.18. The van der Waals surface area contributed by atoms with Crippen LogP contribution in [0.1, 0.15) is 17.0 Å². The number of hydrogen-bond acceptors (Lipinski definition) is 3. The van der Waals surface area contributed by atoms with Gasteiger partial charge in [0, 0.05) is 5.56 Å². The largest absolute Gasteiger partial charge is 0.496 e. The highest BCUT2D eigenvalue weighted by atomic mass is 16.5. The zero-order chi connectivity index (χ0) is 11.4. The minimum Gasteiger partial charge on any atom is -0.496 e. The Morgan fingerprint density at radius 2 is 2.27 bits per heavy atom. The maximum atomic E-state index is 10.8. The molecule has 0 aliphatic carbocycles. The van der Waals surface area contributed by atoms with E-state index in [2.05, 4.69) is 0 Å². The third-order valence-corrected chi connectivity index (χ3v) is 2.07. The van der Waals surface area contributed by atoms with E-state index in [4.69, 9.17) is 15.1 Å². The van der Waals surface area contributed by atoms with Crippen LogP contribution in [0.15, 0.2) is 18.2 Å². The molecule has 4 nitrogen and oxygen atoms in total. The van der Waals surface area contributed by atoms with Crippen molar-refractivity contribution in [3.05, 3.63) is 29.3 Å². The van der Waals surface area contributed by atoms with Crippen LogP contribution in [0, 0.1) is 18.3 Å². The third-order valence-electron chi connectivity index (χ3n) is 2.07. The molecule has 78 valence electrons. The van der Waals surface area contributed by atoms with Crippen molar-refractivity contribution in [1.82, 2.24) is 0 Å². The summed E-state index contributed by atoms with van der Waals surface area (Å²) in [6, 6.07) is 6.86. The summed E-state index contributed by atoms with van der Waals surface area (Å²) in [5, 5.41) is 17.6. The minimum absolute atomic E-state index is 0.396. The first-order valence-corrected chi connectivity index (χ1v) is 4.37. The van der Waals surface area contributed by atoms with E-state index in [1.165, 1.54) is 7.11 Å². The Kier molecular flexibility index (Phi) is 3.29. The van der Waals surface area contributed by atoms with E-state index in [0.29, 0.717) is 11.3 Å². The fraction of sp³-hybridized carbons (Fsp3) is 0.273. The predicted octanol–water partition coefficient (Wildman–Crippen LogP) is 1.70. The number of carboxylic acids is 1. The van der Waals surface area contributed by atoms with Gasteiger partial charge in [-0.1, -0.05) is 17.7 Å². The third kappa shape index (κ3) is 2.26. The fourth-order valence-corrected chi connectivity index (χ4v) is 1.34. The molecule has 1 aromatic carbocycles. The summed E-state index contributed by atoms with van der Waals surface area (Å²) >= 11 is 0. The van der Waals surface area contributed by atoms with Crippen LogP contribution in [-0.4, -0.2) is 18.2 Å². The number of benzene rings is 1. The second-order valence-electron chi connectivity index (χ2n) is 3.15. The number of carboxylic acid groups (broad SMARTS) is 1. The molecular weight excluding hydrogens is 194 g/mol. The monoisotopic (exact) mass is 205 g/mol. The highest BCUT2D eigenvalue weighted by Crippen LogP contribution is 2.27. The van der Waals surface area contributed by atoms with E-state index in [1.54, 1.807) is 24.3 Å². The Bertz CT molecular complexity index is 420. The Hall–Kier alpha value is -2.02. The van der Waals surface area contributed by atoms with Crippen molar-refractivity contribution in [3.8, 4) is 11.8 Å². The first-order valence-electron chi connectivity index (χ1n) is 4.37. The second kappa shape index (κ2) is 4.47. The topological polar surface area (TPSA) is 70.3 Å². The number of aryl methyl sites for hydroxylation is 1. The van der Waals surface area contributed by atoms with Gasteiger partial charge in [0.05, 0.1) is 13.2 Å². The van der Waals surface area contributed by atoms with Gasteiger partial charge in [-0.3, -0.25) is 4.79 Å². The lowest BCUT2D eigenvalue weighted by atomic mass is 9.98. The predicted molar refractivity (Wildman–Crippen MR) is 53.7 cm³/mol. The molecular formula is C11H11NO3. The maximum absolute atomic E-state index is 10.8. The molecule has 0 heterocycles. The second-order valence-corrected chi connectivity index (χ2v) is 3.15. The summed E-state index contributed by atoms with van der Waals surface area (Å²) in [6.07, 6.45) is 0. The summed E-state index contributed by atoms with van der Waals surface area (Å²) in [7, 11) is 1.45. The van der Waals surface area contributed by atoms with Crippen LogP contribution in [-0.2, 0) is 4.79 Å². The number of ether oxygens (including phenoxy) is 1. The first kappa shape index (κ1) is 11.1. The summed E-state index contributed by atoms with van der Waals surface area (Å²) < 4.78 is 5.02. The van der Waals surface area contributed by atoms with Crippen molar-refractivity contribution in [2.24, 2.45) is 0 Å². The van der Waals surface area contributed by atoms with Gasteiger partial charge in [0.15, 0.2) is 5.92 Å². The number of aliphatic carboxylic acids is 1. The lowest BCUT2D eigenvalue weighted by Crippen LogP contribution is -2.10. The summed E-state index contributed by atoms with van der Waals surface area (Å²) in [5.41, 5.74) is 1.29. The molecule has 15 heavy (non-hydrogen) atoms. The summed E-state index contributed by atoms with van der Waals surface area (Å²) in [5.74, 6) is -1.92. The summed E-state index contributed by atoms with van der Waals surface area (Å²) in [6.45, 7) is 1.83. The lowest BCUT2D eigenvalue weighted by molar-refractivity contribution is -0.137. The van der Waals surface area contributed by atoms with Gasteiger partial charge in [0.1, 0.15) is 5.75 Å². The zero-order valence-corrected chi connectivity index (χ0v) is 8.52. The van der Waals surface area contributed by atoms with Gasteiger partial charge in [-0.15, -0.1) is 0 Å². The zero-order valence-electron chi connectivity index (χ0n) is 8.52. The highest BCUT2D eigenvalue weighted by molar-refractivity contribution is 5.80. The van der Waals surface area contributed by atoms with Crippen molar-refractivity contribution in [2.75, 3.05) is 7.11 Å². The molecule has 0 aliphatic heterocycles. The SMILES string of the molecule is COc1ccc(C)cc1C(C#N)C(=O)O. The van der Waals surface area contributed by atoms with Crippen LogP contribution in [0.4, 0.5) is 0 Å². The van der Waals surface area contributed by atoms with Crippen LogP contribution in [0.3, 0.4) is 0 Å². The Morgan fingerprint density at radius 1 is 1.60 bits per heavy atom. The van der Waals surface area contributed by atoms with Gasteiger partial charge in [-0.25, -0.2) is 0 Å². The standard InChI is InChI=1S/C11H11NO3/c1-7-3-4-10(15-2)8(5-7)9(6-12)11(13)14/h3-5,9H,1-2H3,(H,13,14). The van der Waals surface area contributed by atoms with Gasteiger partial charge < -0.3 is 9.84 Å². The Morgan fingerprint density at radius 3 is 2.73 bits per heavy atom. The molecule has 1 N–H and O–H groups in total. The van der Waals surface area contributed by atoms with Gasteiger partial charge >= 0.3 is 5.97 Å². The fourth-order valence-electron chi connectivity index (χ4n) is 1.34. The normalized spacial score (nSPS) is 11.5. The lowest BCUT2D eigenvalue weighted by Gasteiger charge is -2.10. The van der Waals surface area contributed by atoms with Gasteiger partial charge in [0.25, 0.3) is 0 Å². The molecule has 1 aromatic rings. The van der Waals surface area contributed by atoms with Crippen LogP contribution in [0.5, 0.6) is 5.75 Å². The average Bonchev–Trinajstić information content (AvgIpc) is 2.18. The Labute approximate surface area is 87.7 Å². The molecule has 0 saturated heterocycles. The molecule has 0 spiro atoms. The Balaban J connectivity index is 3.27. The number of nitriles is 1. The van der Waals surface area contributed by atoms with Crippen molar-refractivity contribution in [3.63, 3.8) is 0 Å². The van der Waals surface area contributed by atoms with Gasteiger partial charge in [0.2, 0.25) is 0 Å². The van der Waals surface area contributed by atoms with Gasteiger partial charge in [-0.2, -0.15) is 5.26 Å². The molecule has 0 amide bonds. The molecule has 4 heteroatoms. The molecule has 1 rings (SSSR count). The van der Waals surface area contributed by atoms with Gasteiger partial charge in [-0.05, 0) is 13.0 Å². The van der Waals surface area contributed by atoms with E-state index in [0.717, 1.165) is 5.56 Å². The van der Waals surface area contributed by atoms with Crippen LogP contribution in [0.25, 0.3) is 0 Å². The van der Waals surface area contributed by atoms with Crippen molar-refractivity contribution < 1.29 is 14.6 Å².